The maximum atomic E-state index is 13.7. The van der Waals surface area contributed by atoms with Crippen molar-refractivity contribution in [2.45, 2.75) is 33.6 Å². The smallest absolute Gasteiger partial charge is 0.236 e. The number of hydrogen-bond donors (Lipinski definition) is 0. The topological polar surface area (TPSA) is 82.8 Å². The number of hydrogen-bond acceptors (Lipinski definition) is 6. The van der Waals surface area contributed by atoms with Gasteiger partial charge in [0.05, 0.1) is 6.54 Å². The number of amides is 2. The Morgan fingerprint density at radius 1 is 1.16 bits per heavy atom. The quantitative estimate of drug-likeness (QED) is 0.637. The van der Waals surface area contributed by atoms with E-state index < -0.39 is 0 Å². The van der Waals surface area contributed by atoms with Gasteiger partial charge in [-0.3, -0.25) is 14.5 Å². The monoisotopic (exact) mass is 431 g/mol. The minimum Gasteiger partial charge on any atom is -0.342 e. The Bertz CT molecular complexity index is 904. The molecular formula is C22H30FN5O3. The van der Waals surface area contributed by atoms with Gasteiger partial charge in [0, 0.05) is 57.7 Å². The van der Waals surface area contributed by atoms with Crippen LogP contribution in [0.4, 0.5) is 4.39 Å². The van der Waals surface area contributed by atoms with Crippen molar-refractivity contribution >= 4 is 11.8 Å². The molecule has 9 heteroatoms. The maximum absolute atomic E-state index is 13.7. The molecule has 168 valence electrons. The van der Waals surface area contributed by atoms with E-state index in [1.165, 1.54) is 6.07 Å². The second-order valence-corrected chi connectivity index (χ2v) is 7.70. The molecule has 2 aromatic rings. The number of benzene rings is 1. The van der Waals surface area contributed by atoms with Gasteiger partial charge in [-0.25, -0.2) is 4.39 Å². The number of aryl methyl sites for hydroxylation is 2. The molecule has 0 spiro atoms. The molecule has 2 heterocycles. The van der Waals surface area contributed by atoms with Crippen LogP contribution in [0.5, 0.6) is 0 Å². The van der Waals surface area contributed by atoms with Crippen molar-refractivity contribution in [1.82, 2.24) is 24.8 Å². The first kappa shape index (κ1) is 22.9. The highest BCUT2D eigenvalue weighted by molar-refractivity contribution is 5.78. The van der Waals surface area contributed by atoms with Gasteiger partial charge in [0.1, 0.15) is 5.82 Å². The standard InChI is InChI=1S/C22H30FN5O3/c1-4-27(5-2)21(30)15-26-10-12-28(13-11-26)20(29)9-8-19-24-22(25-31-19)17-7-6-16(3)18(23)14-17/h6-7,14H,4-5,8-13,15H2,1-3H3. The minimum absolute atomic E-state index is 0.0239. The number of carbonyl (C=O) groups is 2. The highest BCUT2D eigenvalue weighted by Gasteiger charge is 2.24. The predicted molar refractivity (Wildman–Crippen MR) is 114 cm³/mol. The van der Waals surface area contributed by atoms with Crippen molar-refractivity contribution in [3.05, 3.63) is 35.5 Å². The van der Waals surface area contributed by atoms with Crippen LogP contribution in [0, 0.1) is 12.7 Å². The van der Waals surface area contributed by atoms with Crippen LogP contribution in [0.3, 0.4) is 0 Å². The van der Waals surface area contributed by atoms with Crippen molar-refractivity contribution in [1.29, 1.82) is 0 Å². The summed E-state index contributed by atoms with van der Waals surface area (Å²) < 4.78 is 19.0. The second-order valence-electron chi connectivity index (χ2n) is 7.70. The van der Waals surface area contributed by atoms with E-state index in [-0.39, 0.29) is 24.1 Å². The van der Waals surface area contributed by atoms with Crippen LogP contribution < -0.4 is 0 Å². The molecule has 1 saturated heterocycles. The van der Waals surface area contributed by atoms with Crippen LogP contribution in [0.25, 0.3) is 11.4 Å². The second kappa shape index (κ2) is 10.5. The highest BCUT2D eigenvalue weighted by atomic mass is 19.1. The zero-order valence-electron chi connectivity index (χ0n) is 18.4. The zero-order chi connectivity index (χ0) is 22.4. The minimum atomic E-state index is -0.322. The molecule has 0 saturated carbocycles. The average Bonchev–Trinajstić information content (AvgIpc) is 3.24. The molecule has 0 aliphatic carbocycles. The van der Waals surface area contributed by atoms with Crippen LogP contribution in [-0.2, 0) is 16.0 Å². The van der Waals surface area contributed by atoms with Gasteiger partial charge < -0.3 is 14.3 Å². The fourth-order valence-corrected chi connectivity index (χ4v) is 3.60. The lowest BCUT2D eigenvalue weighted by molar-refractivity contribution is -0.135. The molecule has 31 heavy (non-hydrogen) atoms. The van der Waals surface area contributed by atoms with Crippen molar-refractivity contribution in [3.63, 3.8) is 0 Å². The number of rotatable bonds is 8. The third-order valence-corrected chi connectivity index (χ3v) is 5.65. The zero-order valence-corrected chi connectivity index (χ0v) is 18.4. The van der Waals surface area contributed by atoms with E-state index in [4.69, 9.17) is 4.52 Å². The van der Waals surface area contributed by atoms with Crippen LogP contribution in [0.1, 0.15) is 31.7 Å². The SMILES string of the molecule is CCN(CC)C(=O)CN1CCN(C(=O)CCc2nc(-c3ccc(C)c(F)c3)no2)CC1. The molecule has 1 aromatic heterocycles. The molecule has 3 rings (SSSR count). The molecule has 0 N–H and O–H groups in total. The van der Waals surface area contributed by atoms with Gasteiger partial charge in [-0.2, -0.15) is 4.98 Å². The summed E-state index contributed by atoms with van der Waals surface area (Å²) in [7, 11) is 0. The fourth-order valence-electron chi connectivity index (χ4n) is 3.60. The summed E-state index contributed by atoms with van der Waals surface area (Å²) in [5, 5.41) is 3.89. The molecule has 0 atom stereocenters. The Hall–Kier alpha value is -2.81. The summed E-state index contributed by atoms with van der Waals surface area (Å²) in [6.45, 7) is 10.0. The largest absolute Gasteiger partial charge is 0.342 e. The Morgan fingerprint density at radius 3 is 2.52 bits per heavy atom. The summed E-state index contributed by atoms with van der Waals surface area (Å²) in [5.74, 6) is 0.499. The number of halogens is 1. The van der Waals surface area contributed by atoms with Gasteiger partial charge in [0.15, 0.2) is 0 Å². The molecule has 1 aromatic carbocycles. The van der Waals surface area contributed by atoms with E-state index in [2.05, 4.69) is 15.0 Å². The molecule has 2 amide bonds. The van der Waals surface area contributed by atoms with Gasteiger partial charge in [-0.1, -0.05) is 17.3 Å². The molecule has 0 bridgehead atoms. The van der Waals surface area contributed by atoms with E-state index in [0.29, 0.717) is 75.1 Å². The first-order chi connectivity index (χ1) is 14.9. The lowest BCUT2D eigenvalue weighted by Crippen LogP contribution is -2.51. The Morgan fingerprint density at radius 2 is 1.87 bits per heavy atom. The van der Waals surface area contributed by atoms with Gasteiger partial charge in [-0.15, -0.1) is 0 Å². The molecule has 0 radical (unpaired) electrons. The van der Waals surface area contributed by atoms with Gasteiger partial charge in [-0.05, 0) is 32.4 Å². The third kappa shape index (κ3) is 5.88. The Labute approximate surface area is 182 Å². The van der Waals surface area contributed by atoms with Crippen molar-refractivity contribution in [2.24, 2.45) is 0 Å². The number of aromatic nitrogens is 2. The molecule has 1 aliphatic rings. The van der Waals surface area contributed by atoms with Crippen molar-refractivity contribution in [3.8, 4) is 11.4 Å². The normalized spacial score (nSPS) is 14.6. The van der Waals surface area contributed by atoms with Crippen LogP contribution in [-0.4, -0.2) is 82.5 Å². The predicted octanol–water partition coefficient (Wildman–Crippen LogP) is 2.13. The van der Waals surface area contributed by atoms with Gasteiger partial charge in [0.25, 0.3) is 0 Å². The van der Waals surface area contributed by atoms with E-state index in [0.717, 1.165) is 0 Å². The third-order valence-electron chi connectivity index (χ3n) is 5.65. The number of likely N-dealkylation sites (N-methyl/N-ethyl adjacent to an activating group) is 1. The van der Waals surface area contributed by atoms with E-state index in [1.54, 1.807) is 19.1 Å². The van der Waals surface area contributed by atoms with Gasteiger partial charge in [0.2, 0.25) is 23.5 Å². The van der Waals surface area contributed by atoms with Gasteiger partial charge >= 0.3 is 0 Å². The Balaban J connectivity index is 1.45. The molecule has 1 aliphatic heterocycles. The average molecular weight is 432 g/mol. The summed E-state index contributed by atoms with van der Waals surface area (Å²) in [5.41, 5.74) is 1.09. The number of carbonyl (C=O) groups excluding carboxylic acids is 2. The van der Waals surface area contributed by atoms with Crippen molar-refractivity contribution < 1.29 is 18.5 Å². The first-order valence-electron chi connectivity index (χ1n) is 10.8. The lowest BCUT2D eigenvalue weighted by atomic mass is 10.1. The number of piperazine rings is 1. The van der Waals surface area contributed by atoms with Crippen LogP contribution >= 0.6 is 0 Å². The van der Waals surface area contributed by atoms with E-state index in [1.807, 2.05) is 23.6 Å². The Kier molecular flexibility index (Phi) is 7.73. The van der Waals surface area contributed by atoms with E-state index in [9.17, 15) is 14.0 Å². The van der Waals surface area contributed by atoms with E-state index >= 15 is 0 Å². The molecule has 0 unspecified atom stereocenters. The van der Waals surface area contributed by atoms with Crippen LogP contribution in [0.15, 0.2) is 22.7 Å². The summed E-state index contributed by atoms with van der Waals surface area (Å²) in [4.78, 5) is 34.8. The first-order valence-corrected chi connectivity index (χ1v) is 10.8. The molecular weight excluding hydrogens is 401 g/mol. The highest BCUT2D eigenvalue weighted by Crippen LogP contribution is 2.19. The summed E-state index contributed by atoms with van der Waals surface area (Å²) >= 11 is 0. The molecule has 1 fully saturated rings. The number of nitrogens with zero attached hydrogens (tertiary/aromatic N) is 5. The summed E-state index contributed by atoms with van der Waals surface area (Å²) in [6, 6.07) is 4.78. The van der Waals surface area contributed by atoms with Crippen molar-refractivity contribution in [2.75, 3.05) is 45.8 Å². The maximum Gasteiger partial charge on any atom is 0.236 e. The summed E-state index contributed by atoms with van der Waals surface area (Å²) in [6.07, 6.45) is 0.600. The molecule has 8 nitrogen and oxygen atoms in total. The lowest BCUT2D eigenvalue weighted by Gasteiger charge is -2.35. The van der Waals surface area contributed by atoms with Crippen LogP contribution in [0.2, 0.25) is 0 Å². The fraction of sp³-hybridized carbons (Fsp3) is 0.545.